The SMILES string of the molecule is Fc1ccccc1C[C@H]1CCCNC1. The average Bonchev–Trinajstić information content (AvgIpc) is 2.23. The lowest BCUT2D eigenvalue weighted by molar-refractivity contribution is 0.372. The third kappa shape index (κ3) is 2.32. The second kappa shape index (κ2) is 4.56. The Hall–Kier alpha value is -0.890. The number of benzene rings is 1. The highest BCUT2D eigenvalue weighted by Gasteiger charge is 2.14. The first-order valence-corrected chi connectivity index (χ1v) is 5.30. The summed E-state index contributed by atoms with van der Waals surface area (Å²) < 4.78 is 13.3. The molecule has 1 aromatic rings. The molecule has 76 valence electrons. The van der Waals surface area contributed by atoms with Gasteiger partial charge in [-0.05, 0) is 49.9 Å². The Morgan fingerprint density at radius 2 is 2.21 bits per heavy atom. The molecule has 2 heteroatoms. The highest BCUT2D eigenvalue weighted by Crippen LogP contribution is 2.18. The van der Waals surface area contributed by atoms with Gasteiger partial charge < -0.3 is 5.32 Å². The van der Waals surface area contributed by atoms with Gasteiger partial charge in [-0.25, -0.2) is 4.39 Å². The molecule has 1 aliphatic heterocycles. The topological polar surface area (TPSA) is 12.0 Å². The van der Waals surface area contributed by atoms with Gasteiger partial charge in [-0.15, -0.1) is 0 Å². The summed E-state index contributed by atoms with van der Waals surface area (Å²) in [6.45, 7) is 2.15. The minimum Gasteiger partial charge on any atom is -0.316 e. The molecule has 2 rings (SSSR count). The number of nitrogens with one attached hydrogen (secondary N) is 1. The van der Waals surface area contributed by atoms with Gasteiger partial charge in [-0.1, -0.05) is 18.2 Å². The third-order valence-electron chi connectivity index (χ3n) is 2.87. The Balaban J connectivity index is 1.99. The fourth-order valence-electron chi connectivity index (χ4n) is 2.07. The molecule has 0 unspecified atom stereocenters. The van der Waals surface area contributed by atoms with Crippen molar-refractivity contribution in [2.45, 2.75) is 19.3 Å². The molecule has 14 heavy (non-hydrogen) atoms. The van der Waals surface area contributed by atoms with Crippen LogP contribution in [-0.4, -0.2) is 13.1 Å². The van der Waals surface area contributed by atoms with Crippen LogP contribution in [0.25, 0.3) is 0 Å². The van der Waals surface area contributed by atoms with Crippen LogP contribution in [0.4, 0.5) is 4.39 Å². The van der Waals surface area contributed by atoms with Crippen LogP contribution < -0.4 is 5.32 Å². The maximum atomic E-state index is 13.3. The van der Waals surface area contributed by atoms with Crippen LogP contribution in [0.3, 0.4) is 0 Å². The Morgan fingerprint density at radius 1 is 1.36 bits per heavy atom. The summed E-state index contributed by atoms with van der Waals surface area (Å²) in [5.41, 5.74) is 0.862. The maximum absolute atomic E-state index is 13.3. The lowest BCUT2D eigenvalue weighted by Crippen LogP contribution is -2.31. The number of halogens is 1. The van der Waals surface area contributed by atoms with E-state index in [1.807, 2.05) is 12.1 Å². The zero-order chi connectivity index (χ0) is 9.80. The molecule has 0 aliphatic carbocycles. The van der Waals surface area contributed by atoms with E-state index in [1.165, 1.54) is 12.8 Å². The zero-order valence-electron chi connectivity index (χ0n) is 8.30. The molecule has 0 spiro atoms. The zero-order valence-corrected chi connectivity index (χ0v) is 8.30. The lowest BCUT2D eigenvalue weighted by atomic mass is 9.92. The molecule has 0 radical (unpaired) electrons. The lowest BCUT2D eigenvalue weighted by Gasteiger charge is -2.22. The minimum absolute atomic E-state index is 0.0573. The highest BCUT2D eigenvalue weighted by molar-refractivity contribution is 5.17. The molecule has 1 heterocycles. The summed E-state index contributed by atoms with van der Waals surface area (Å²) in [6.07, 6.45) is 3.32. The van der Waals surface area contributed by atoms with E-state index in [4.69, 9.17) is 0 Å². The van der Waals surface area contributed by atoms with Crippen molar-refractivity contribution < 1.29 is 4.39 Å². The van der Waals surface area contributed by atoms with E-state index in [-0.39, 0.29) is 5.82 Å². The first kappa shape index (κ1) is 9.66. The standard InChI is InChI=1S/C12H16FN/c13-12-6-2-1-5-11(12)8-10-4-3-7-14-9-10/h1-2,5-6,10,14H,3-4,7-9H2/t10-/m1/s1. The largest absolute Gasteiger partial charge is 0.316 e. The van der Waals surface area contributed by atoms with Crippen LogP contribution in [0.1, 0.15) is 18.4 Å². The molecular weight excluding hydrogens is 177 g/mol. The monoisotopic (exact) mass is 193 g/mol. The van der Waals surface area contributed by atoms with E-state index in [1.54, 1.807) is 12.1 Å². The van der Waals surface area contributed by atoms with Gasteiger partial charge in [0.25, 0.3) is 0 Å². The number of hydrogen-bond acceptors (Lipinski definition) is 1. The van der Waals surface area contributed by atoms with Crippen molar-refractivity contribution >= 4 is 0 Å². The summed E-state index contributed by atoms with van der Waals surface area (Å²) in [6, 6.07) is 7.10. The van der Waals surface area contributed by atoms with Crippen molar-refractivity contribution in [3.8, 4) is 0 Å². The summed E-state index contributed by atoms with van der Waals surface area (Å²) in [5, 5.41) is 3.35. The van der Waals surface area contributed by atoms with E-state index in [9.17, 15) is 4.39 Å². The maximum Gasteiger partial charge on any atom is 0.126 e. The quantitative estimate of drug-likeness (QED) is 0.760. The van der Waals surface area contributed by atoms with Gasteiger partial charge in [-0.2, -0.15) is 0 Å². The first-order chi connectivity index (χ1) is 6.86. The molecule has 0 bridgehead atoms. The Labute approximate surface area is 84.3 Å². The van der Waals surface area contributed by atoms with Crippen LogP contribution in [0.2, 0.25) is 0 Å². The molecule has 0 amide bonds. The normalized spacial score (nSPS) is 22.2. The van der Waals surface area contributed by atoms with Crippen LogP contribution >= 0.6 is 0 Å². The fourth-order valence-corrected chi connectivity index (χ4v) is 2.07. The molecule has 1 aliphatic rings. The molecule has 1 atom stereocenters. The van der Waals surface area contributed by atoms with Crippen LogP contribution in [-0.2, 0) is 6.42 Å². The molecule has 1 fully saturated rings. The molecule has 1 N–H and O–H groups in total. The molecule has 1 aromatic carbocycles. The summed E-state index contributed by atoms with van der Waals surface area (Å²) in [7, 11) is 0. The van der Waals surface area contributed by atoms with E-state index >= 15 is 0 Å². The van der Waals surface area contributed by atoms with Crippen molar-refractivity contribution in [3.05, 3.63) is 35.6 Å². The van der Waals surface area contributed by atoms with Gasteiger partial charge in [0, 0.05) is 0 Å². The van der Waals surface area contributed by atoms with E-state index in [0.717, 1.165) is 25.1 Å². The van der Waals surface area contributed by atoms with E-state index in [2.05, 4.69) is 5.32 Å². The third-order valence-corrected chi connectivity index (χ3v) is 2.87. The van der Waals surface area contributed by atoms with Crippen molar-refractivity contribution in [2.75, 3.05) is 13.1 Å². The van der Waals surface area contributed by atoms with Crippen molar-refractivity contribution in [3.63, 3.8) is 0 Å². The van der Waals surface area contributed by atoms with Gasteiger partial charge in [0.2, 0.25) is 0 Å². The summed E-state index contributed by atoms with van der Waals surface area (Å²) in [5.74, 6) is 0.554. The van der Waals surface area contributed by atoms with E-state index < -0.39 is 0 Å². The van der Waals surface area contributed by atoms with Gasteiger partial charge in [0.15, 0.2) is 0 Å². The Kier molecular flexibility index (Phi) is 3.14. The van der Waals surface area contributed by atoms with Crippen LogP contribution in [0, 0.1) is 11.7 Å². The molecule has 0 saturated carbocycles. The van der Waals surface area contributed by atoms with Gasteiger partial charge in [-0.3, -0.25) is 0 Å². The first-order valence-electron chi connectivity index (χ1n) is 5.30. The Bertz CT molecular complexity index is 292. The van der Waals surface area contributed by atoms with Crippen molar-refractivity contribution in [1.82, 2.24) is 5.32 Å². The minimum atomic E-state index is -0.0573. The second-order valence-corrected chi connectivity index (χ2v) is 4.01. The predicted octanol–water partition coefficient (Wildman–Crippen LogP) is 2.37. The van der Waals surface area contributed by atoms with Gasteiger partial charge in [0.1, 0.15) is 5.82 Å². The van der Waals surface area contributed by atoms with E-state index in [0.29, 0.717) is 5.92 Å². The van der Waals surface area contributed by atoms with Crippen molar-refractivity contribution in [2.24, 2.45) is 5.92 Å². The van der Waals surface area contributed by atoms with Gasteiger partial charge in [0.05, 0.1) is 0 Å². The van der Waals surface area contributed by atoms with Crippen LogP contribution in [0.5, 0.6) is 0 Å². The van der Waals surface area contributed by atoms with Crippen molar-refractivity contribution in [1.29, 1.82) is 0 Å². The second-order valence-electron chi connectivity index (χ2n) is 4.01. The molecule has 1 nitrogen and oxygen atoms in total. The van der Waals surface area contributed by atoms with Crippen LogP contribution in [0.15, 0.2) is 24.3 Å². The summed E-state index contributed by atoms with van der Waals surface area (Å²) in [4.78, 5) is 0. The summed E-state index contributed by atoms with van der Waals surface area (Å²) >= 11 is 0. The fraction of sp³-hybridized carbons (Fsp3) is 0.500. The molecule has 1 saturated heterocycles. The smallest absolute Gasteiger partial charge is 0.126 e. The number of piperidine rings is 1. The number of hydrogen-bond donors (Lipinski definition) is 1. The molecule has 0 aromatic heterocycles. The average molecular weight is 193 g/mol. The predicted molar refractivity (Wildman–Crippen MR) is 55.7 cm³/mol. The molecular formula is C12H16FN. The Morgan fingerprint density at radius 3 is 2.93 bits per heavy atom. The number of rotatable bonds is 2. The van der Waals surface area contributed by atoms with Gasteiger partial charge >= 0.3 is 0 Å². The highest BCUT2D eigenvalue weighted by atomic mass is 19.1.